The van der Waals surface area contributed by atoms with Crippen LogP contribution in [0, 0.1) is 6.92 Å². The van der Waals surface area contributed by atoms with E-state index in [-0.39, 0.29) is 5.91 Å². The maximum absolute atomic E-state index is 12.6. The molecule has 0 saturated heterocycles. The smallest absolute Gasteiger partial charge is 0.272 e. The number of unbranched alkanes of at least 4 members (excludes halogenated alkanes) is 2. The molecule has 0 radical (unpaired) electrons. The van der Waals surface area contributed by atoms with E-state index < -0.39 is 0 Å². The van der Waals surface area contributed by atoms with Gasteiger partial charge in [0.25, 0.3) is 5.91 Å². The average Bonchev–Trinajstić information content (AvgIpc) is 2.63. The fourth-order valence-corrected chi connectivity index (χ4v) is 2.50. The van der Waals surface area contributed by atoms with Gasteiger partial charge in [-0.3, -0.25) is 9.78 Å². The highest BCUT2D eigenvalue weighted by molar-refractivity contribution is 5.92. The highest BCUT2D eigenvalue weighted by Gasteiger charge is 2.15. The number of aromatic nitrogens is 3. The van der Waals surface area contributed by atoms with Crippen molar-refractivity contribution < 1.29 is 4.79 Å². The molecule has 2 heterocycles. The van der Waals surface area contributed by atoms with Gasteiger partial charge in [0.2, 0.25) is 0 Å². The lowest BCUT2D eigenvalue weighted by molar-refractivity contribution is 0.0790. The molecule has 2 aromatic heterocycles. The number of nitrogens with one attached hydrogen (secondary N) is 1. The maximum atomic E-state index is 12.6. The summed E-state index contributed by atoms with van der Waals surface area (Å²) < 4.78 is 0. The van der Waals surface area contributed by atoms with Crippen molar-refractivity contribution in [2.24, 2.45) is 0 Å². The van der Waals surface area contributed by atoms with Crippen LogP contribution in [0.4, 0.5) is 5.82 Å². The summed E-state index contributed by atoms with van der Waals surface area (Å²) in [4.78, 5) is 27.0. The minimum absolute atomic E-state index is 0.0869. The summed E-state index contributed by atoms with van der Waals surface area (Å²) in [6, 6.07) is 5.67. The van der Waals surface area contributed by atoms with Gasteiger partial charge in [0, 0.05) is 38.6 Å². The fraction of sp³-hybridized carbons (Fsp3) is 0.474. The first-order chi connectivity index (χ1) is 12.1. The number of anilines is 1. The van der Waals surface area contributed by atoms with E-state index in [1.165, 1.54) is 12.8 Å². The predicted molar refractivity (Wildman–Crippen MR) is 99.7 cm³/mol. The van der Waals surface area contributed by atoms with Crippen molar-refractivity contribution in [1.29, 1.82) is 0 Å². The Labute approximate surface area is 149 Å². The monoisotopic (exact) mass is 341 g/mol. The average molecular weight is 341 g/mol. The van der Waals surface area contributed by atoms with Crippen molar-refractivity contribution >= 4 is 11.7 Å². The van der Waals surface area contributed by atoms with Crippen LogP contribution in [0.5, 0.6) is 0 Å². The third kappa shape index (κ3) is 6.14. The van der Waals surface area contributed by atoms with E-state index in [0.29, 0.717) is 18.1 Å². The van der Waals surface area contributed by atoms with E-state index in [0.717, 1.165) is 30.8 Å². The van der Waals surface area contributed by atoms with Gasteiger partial charge in [0.1, 0.15) is 17.3 Å². The number of amides is 1. The summed E-state index contributed by atoms with van der Waals surface area (Å²) in [5.74, 6) is 1.23. The van der Waals surface area contributed by atoms with Crippen molar-refractivity contribution in [3.05, 3.63) is 47.7 Å². The molecule has 0 bridgehead atoms. The van der Waals surface area contributed by atoms with Gasteiger partial charge in [0.05, 0.1) is 0 Å². The first kappa shape index (κ1) is 18.8. The Kier molecular flexibility index (Phi) is 7.32. The lowest BCUT2D eigenvalue weighted by Gasteiger charge is -2.17. The van der Waals surface area contributed by atoms with E-state index in [1.54, 1.807) is 30.4 Å². The summed E-state index contributed by atoms with van der Waals surface area (Å²) in [5, 5.41) is 3.28. The largest absolute Gasteiger partial charge is 0.370 e. The lowest BCUT2D eigenvalue weighted by Crippen LogP contribution is -2.30. The minimum atomic E-state index is -0.0869. The Balaban J connectivity index is 1.96. The standard InChI is InChI=1S/C19H27N5O/c1-4-5-6-10-21-18-14-17(22-15(2)23-18)19(25)24(3)13-9-16-7-11-20-12-8-16/h7-8,11-12,14H,4-6,9-10,13H2,1-3H3,(H,21,22,23). The number of carbonyl (C=O) groups excluding carboxylic acids is 1. The quantitative estimate of drug-likeness (QED) is 0.710. The molecule has 2 rings (SSSR count). The van der Waals surface area contributed by atoms with Crippen molar-refractivity contribution in [1.82, 2.24) is 19.9 Å². The zero-order valence-corrected chi connectivity index (χ0v) is 15.3. The Morgan fingerprint density at radius 2 is 1.96 bits per heavy atom. The van der Waals surface area contributed by atoms with Crippen LogP contribution in [-0.4, -0.2) is 45.9 Å². The molecule has 0 aliphatic carbocycles. The third-order valence-electron chi connectivity index (χ3n) is 3.98. The van der Waals surface area contributed by atoms with Gasteiger partial charge >= 0.3 is 0 Å². The maximum Gasteiger partial charge on any atom is 0.272 e. The molecule has 1 amide bonds. The highest BCUT2D eigenvalue weighted by Crippen LogP contribution is 2.10. The van der Waals surface area contributed by atoms with Crippen molar-refractivity contribution in [3.63, 3.8) is 0 Å². The van der Waals surface area contributed by atoms with Gasteiger partial charge < -0.3 is 10.2 Å². The Morgan fingerprint density at radius 3 is 2.68 bits per heavy atom. The Hall–Kier alpha value is -2.50. The Morgan fingerprint density at radius 1 is 1.20 bits per heavy atom. The number of aryl methyl sites for hydroxylation is 1. The lowest BCUT2D eigenvalue weighted by atomic mass is 10.2. The van der Waals surface area contributed by atoms with Crippen LogP contribution in [0.15, 0.2) is 30.6 Å². The molecule has 0 aliphatic rings. The van der Waals surface area contributed by atoms with Gasteiger partial charge in [-0.2, -0.15) is 0 Å². The van der Waals surface area contributed by atoms with Gasteiger partial charge in [-0.25, -0.2) is 9.97 Å². The second-order valence-electron chi connectivity index (χ2n) is 6.15. The third-order valence-corrected chi connectivity index (χ3v) is 3.98. The number of nitrogens with zero attached hydrogens (tertiary/aromatic N) is 4. The molecule has 134 valence electrons. The van der Waals surface area contributed by atoms with Crippen molar-refractivity contribution in [2.45, 2.75) is 39.5 Å². The molecule has 0 unspecified atom stereocenters. The molecule has 0 spiro atoms. The van der Waals surface area contributed by atoms with Crippen LogP contribution < -0.4 is 5.32 Å². The first-order valence-electron chi connectivity index (χ1n) is 8.84. The molecule has 0 aromatic carbocycles. The highest BCUT2D eigenvalue weighted by atomic mass is 16.2. The molecule has 0 aliphatic heterocycles. The molecule has 2 aromatic rings. The molecule has 6 heteroatoms. The number of carbonyl (C=O) groups is 1. The van der Waals surface area contributed by atoms with Crippen molar-refractivity contribution in [2.75, 3.05) is 25.5 Å². The summed E-state index contributed by atoms with van der Waals surface area (Å²) in [7, 11) is 1.80. The predicted octanol–water partition coefficient (Wildman–Crippen LogP) is 3.10. The topological polar surface area (TPSA) is 71.0 Å². The molecule has 25 heavy (non-hydrogen) atoms. The zero-order valence-electron chi connectivity index (χ0n) is 15.3. The molecule has 0 fully saturated rings. The summed E-state index contributed by atoms with van der Waals surface area (Å²) in [6.45, 7) is 5.47. The van der Waals surface area contributed by atoms with E-state index >= 15 is 0 Å². The van der Waals surface area contributed by atoms with Crippen LogP contribution in [-0.2, 0) is 6.42 Å². The molecule has 1 N–H and O–H groups in total. The van der Waals surface area contributed by atoms with Crippen LogP contribution in [0.2, 0.25) is 0 Å². The summed E-state index contributed by atoms with van der Waals surface area (Å²) >= 11 is 0. The van der Waals surface area contributed by atoms with E-state index in [2.05, 4.69) is 27.2 Å². The van der Waals surface area contributed by atoms with Crippen LogP contribution in [0.3, 0.4) is 0 Å². The summed E-state index contributed by atoms with van der Waals surface area (Å²) in [5.41, 5.74) is 1.59. The second kappa shape index (κ2) is 9.71. The summed E-state index contributed by atoms with van der Waals surface area (Å²) in [6.07, 6.45) is 7.77. The molecular formula is C19H27N5O. The number of hydrogen-bond acceptors (Lipinski definition) is 5. The van der Waals surface area contributed by atoms with Gasteiger partial charge in [0.15, 0.2) is 0 Å². The van der Waals surface area contributed by atoms with E-state index in [9.17, 15) is 4.79 Å². The number of rotatable bonds is 9. The molecular weight excluding hydrogens is 314 g/mol. The van der Waals surface area contributed by atoms with Gasteiger partial charge in [-0.05, 0) is 37.5 Å². The van der Waals surface area contributed by atoms with E-state index in [1.807, 2.05) is 19.1 Å². The van der Waals surface area contributed by atoms with Gasteiger partial charge in [-0.1, -0.05) is 19.8 Å². The number of hydrogen-bond donors (Lipinski definition) is 1. The number of likely N-dealkylation sites (N-methyl/N-ethyl adjacent to an activating group) is 1. The normalized spacial score (nSPS) is 10.5. The zero-order chi connectivity index (χ0) is 18.1. The fourth-order valence-electron chi connectivity index (χ4n) is 2.50. The molecule has 0 saturated carbocycles. The second-order valence-corrected chi connectivity index (χ2v) is 6.15. The van der Waals surface area contributed by atoms with Gasteiger partial charge in [-0.15, -0.1) is 0 Å². The van der Waals surface area contributed by atoms with Crippen LogP contribution in [0.1, 0.15) is 48.1 Å². The molecule has 0 atom stereocenters. The SMILES string of the molecule is CCCCCNc1cc(C(=O)N(C)CCc2ccncc2)nc(C)n1. The van der Waals surface area contributed by atoms with Crippen LogP contribution in [0.25, 0.3) is 0 Å². The van der Waals surface area contributed by atoms with E-state index in [4.69, 9.17) is 0 Å². The first-order valence-corrected chi connectivity index (χ1v) is 8.84. The number of pyridine rings is 1. The minimum Gasteiger partial charge on any atom is -0.370 e. The van der Waals surface area contributed by atoms with Crippen LogP contribution >= 0.6 is 0 Å². The Bertz CT molecular complexity index is 675. The van der Waals surface area contributed by atoms with Crippen molar-refractivity contribution in [3.8, 4) is 0 Å². The molecule has 6 nitrogen and oxygen atoms in total.